The van der Waals surface area contributed by atoms with Crippen molar-refractivity contribution in [1.82, 2.24) is 5.32 Å². The molecular formula is C14H16BrNO3. The van der Waals surface area contributed by atoms with Crippen molar-refractivity contribution in [1.29, 1.82) is 0 Å². The predicted molar refractivity (Wildman–Crippen MR) is 76.9 cm³/mol. The maximum atomic E-state index is 11.3. The Morgan fingerprint density at radius 2 is 2.16 bits per heavy atom. The van der Waals surface area contributed by atoms with Crippen LogP contribution in [0, 0.1) is 11.8 Å². The van der Waals surface area contributed by atoms with Gasteiger partial charge in [0.05, 0.1) is 12.1 Å². The maximum absolute atomic E-state index is 11.3. The second-order valence-corrected chi connectivity index (χ2v) is 5.73. The van der Waals surface area contributed by atoms with E-state index in [4.69, 9.17) is 4.74 Å². The van der Waals surface area contributed by atoms with Gasteiger partial charge in [-0.05, 0) is 39.0 Å². The smallest absolute Gasteiger partial charge is 0.408 e. The van der Waals surface area contributed by atoms with Gasteiger partial charge in [-0.3, -0.25) is 0 Å². The van der Waals surface area contributed by atoms with E-state index in [1.807, 2.05) is 0 Å². The molecule has 0 aliphatic rings. The average Bonchev–Trinajstić information content (AvgIpc) is 2.24. The Balaban J connectivity index is 2.50. The number of hydrogen-bond donors (Lipinski definition) is 2. The number of nitrogens with one attached hydrogen (secondary N) is 1. The Hall–Kier alpha value is -1.67. The minimum Gasteiger partial charge on any atom is -0.507 e. The standard InChI is InChI=1S/C14H16BrNO3/c1-14(2,3)19-13(18)16-8-4-5-10-6-7-11(15)9-12(10)17/h6-7,9,17H,8H2,1-3H3,(H,16,18). The molecule has 0 heterocycles. The first-order valence-corrected chi connectivity index (χ1v) is 6.51. The van der Waals surface area contributed by atoms with Crippen LogP contribution >= 0.6 is 15.9 Å². The lowest BCUT2D eigenvalue weighted by atomic mass is 10.2. The van der Waals surface area contributed by atoms with Crippen LogP contribution in [0.4, 0.5) is 4.79 Å². The lowest BCUT2D eigenvalue weighted by Gasteiger charge is -2.18. The molecule has 19 heavy (non-hydrogen) atoms. The Morgan fingerprint density at radius 1 is 1.47 bits per heavy atom. The zero-order valence-corrected chi connectivity index (χ0v) is 12.7. The van der Waals surface area contributed by atoms with Crippen molar-refractivity contribution in [3.63, 3.8) is 0 Å². The Labute approximate surface area is 121 Å². The molecule has 1 amide bonds. The number of amides is 1. The summed E-state index contributed by atoms with van der Waals surface area (Å²) in [4.78, 5) is 11.3. The topological polar surface area (TPSA) is 58.6 Å². The molecule has 2 N–H and O–H groups in total. The number of rotatable bonds is 1. The lowest BCUT2D eigenvalue weighted by molar-refractivity contribution is 0.0535. The van der Waals surface area contributed by atoms with Crippen molar-refractivity contribution in [2.24, 2.45) is 0 Å². The van der Waals surface area contributed by atoms with Crippen LogP contribution in [0.2, 0.25) is 0 Å². The summed E-state index contributed by atoms with van der Waals surface area (Å²) in [5.74, 6) is 5.61. The summed E-state index contributed by atoms with van der Waals surface area (Å²) in [6, 6.07) is 5.04. The van der Waals surface area contributed by atoms with Crippen molar-refractivity contribution >= 4 is 22.0 Å². The highest BCUT2D eigenvalue weighted by Gasteiger charge is 2.14. The second-order valence-electron chi connectivity index (χ2n) is 4.82. The molecule has 102 valence electrons. The van der Waals surface area contributed by atoms with Crippen LogP contribution in [-0.4, -0.2) is 23.3 Å². The first-order valence-electron chi connectivity index (χ1n) is 5.72. The van der Waals surface area contributed by atoms with Crippen LogP contribution in [-0.2, 0) is 4.74 Å². The van der Waals surface area contributed by atoms with Crippen LogP contribution in [0.5, 0.6) is 5.75 Å². The van der Waals surface area contributed by atoms with Crippen LogP contribution in [0.1, 0.15) is 26.3 Å². The van der Waals surface area contributed by atoms with Crippen molar-refractivity contribution < 1.29 is 14.6 Å². The summed E-state index contributed by atoms with van der Waals surface area (Å²) < 4.78 is 5.84. The fraction of sp³-hybridized carbons (Fsp3) is 0.357. The largest absolute Gasteiger partial charge is 0.507 e. The van der Waals surface area contributed by atoms with Gasteiger partial charge in [0.25, 0.3) is 0 Å². The van der Waals surface area contributed by atoms with E-state index in [1.54, 1.807) is 39.0 Å². The Kier molecular flexibility index (Phi) is 5.25. The predicted octanol–water partition coefficient (Wildman–Crippen LogP) is 3.03. The highest BCUT2D eigenvalue weighted by molar-refractivity contribution is 9.10. The van der Waals surface area contributed by atoms with E-state index in [0.717, 1.165) is 4.47 Å². The zero-order valence-electron chi connectivity index (χ0n) is 11.1. The number of hydrogen-bond acceptors (Lipinski definition) is 3. The SMILES string of the molecule is CC(C)(C)OC(=O)NCC#Cc1ccc(Br)cc1O. The van der Waals surface area contributed by atoms with E-state index in [0.29, 0.717) is 5.56 Å². The molecule has 5 heteroatoms. The van der Waals surface area contributed by atoms with Gasteiger partial charge < -0.3 is 15.2 Å². The van der Waals surface area contributed by atoms with Crippen molar-refractivity contribution in [3.05, 3.63) is 28.2 Å². The summed E-state index contributed by atoms with van der Waals surface area (Å²) in [7, 11) is 0. The third-order valence-corrected chi connectivity index (χ3v) is 2.40. The molecule has 0 saturated carbocycles. The molecule has 1 aromatic carbocycles. The fourth-order valence-electron chi connectivity index (χ4n) is 1.18. The lowest BCUT2D eigenvalue weighted by Crippen LogP contribution is -2.32. The van der Waals surface area contributed by atoms with Gasteiger partial charge in [-0.15, -0.1) is 0 Å². The number of aromatic hydroxyl groups is 1. The van der Waals surface area contributed by atoms with Crippen molar-refractivity contribution in [3.8, 4) is 17.6 Å². The van der Waals surface area contributed by atoms with Crippen LogP contribution in [0.3, 0.4) is 0 Å². The van der Waals surface area contributed by atoms with Gasteiger partial charge in [0.1, 0.15) is 11.4 Å². The summed E-state index contributed by atoms with van der Waals surface area (Å²) in [6.45, 7) is 5.53. The number of ether oxygens (including phenoxy) is 1. The number of alkyl carbamates (subject to hydrolysis) is 1. The summed E-state index contributed by atoms with van der Waals surface area (Å²) in [6.07, 6.45) is -0.512. The van der Waals surface area contributed by atoms with Gasteiger partial charge in [0, 0.05) is 4.47 Å². The third kappa shape index (κ3) is 6.16. The first kappa shape index (κ1) is 15.4. The quantitative estimate of drug-likeness (QED) is 0.780. The molecule has 0 spiro atoms. The van der Waals surface area contributed by atoms with Crippen LogP contribution < -0.4 is 5.32 Å². The molecule has 0 unspecified atom stereocenters. The van der Waals surface area contributed by atoms with Gasteiger partial charge in [-0.25, -0.2) is 4.79 Å². The molecule has 4 nitrogen and oxygen atoms in total. The molecule has 0 aromatic heterocycles. The van der Waals surface area contributed by atoms with Crippen LogP contribution in [0.25, 0.3) is 0 Å². The summed E-state index contributed by atoms with van der Waals surface area (Å²) in [5.41, 5.74) is -0.0178. The van der Waals surface area contributed by atoms with E-state index in [9.17, 15) is 9.90 Å². The van der Waals surface area contributed by atoms with Gasteiger partial charge >= 0.3 is 6.09 Å². The maximum Gasteiger partial charge on any atom is 0.408 e. The molecule has 1 rings (SSSR count). The molecule has 0 atom stereocenters. The first-order chi connectivity index (χ1) is 8.78. The minimum absolute atomic E-state index is 0.0964. The molecule has 0 bridgehead atoms. The molecular weight excluding hydrogens is 310 g/mol. The average molecular weight is 326 g/mol. The second kappa shape index (κ2) is 6.48. The van der Waals surface area contributed by atoms with Gasteiger partial charge in [0.15, 0.2) is 0 Å². The van der Waals surface area contributed by atoms with E-state index < -0.39 is 11.7 Å². The molecule has 0 aliphatic heterocycles. The van der Waals surface area contributed by atoms with Gasteiger partial charge in [-0.1, -0.05) is 27.8 Å². The van der Waals surface area contributed by atoms with Gasteiger partial charge in [-0.2, -0.15) is 0 Å². The summed E-state index contributed by atoms with van der Waals surface area (Å²) in [5, 5.41) is 12.1. The van der Waals surface area contributed by atoms with Gasteiger partial charge in [0.2, 0.25) is 0 Å². The number of halogens is 1. The Bertz CT molecular complexity index is 524. The molecule has 1 aromatic rings. The van der Waals surface area contributed by atoms with E-state index in [-0.39, 0.29) is 12.3 Å². The van der Waals surface area contributed by atoms with E-state index in [2.05, 4.69) is 33.1 Å². The number of carbonyl (C=O) groups excluding carboxylic acids is 1. The number of phenols is 1. The summed E-state index contributed by atoms with van der Waals surface area (Å²) >= 11 is 3.24. The third-order valence-electron chi connectivity index (χ3n) is 1.90. The monoisotopic (exact) mass is 325 g/mol. The van der Waals surface area contributed by atoms with E-state index in [1.165, 1.54) is 0 Å². The molecule has 0 aliphatic carbocycles. The highest BCUT2D eigenvalue weighted by atomic mass is 79.9. The Morgan fingerprint density at radius 3 is 2.74 bits per heavy atom. The normalized spacial score (nSPS) is 10.3. The fourth-order valence-corrected chi connectivity index (χ4v) is 1.53. The van der Waals surface area contributed by atoms with Crippen molar-refractivity contribution in [2.75, 3.05) is 6.54 Å². The number of carbonyl (C=O) groups is 1. The van der Waals surface area contributed by atoms with Crippen LogP contribution in [0.15, 0.2) is 22.7 Å². The van der Waals surface area contributed by atoms with E-state index >= 15 is 0 Å². The molecule has 0 saturated heterocycles. The molecule has 0 fully saturated rings. The number of phenolic OH excluding ortho intramolecular Hbond substituents is 1. The highest BCUT2D eigenvalue weighted by Crippen LogP contribution is 2.21. The molecule has 0 radical (unpaired) electrons. The number of benzene rings is 1. The van der Waals surface area contributed by atoms with Crippen molar-refractivity contribution in [2.45, 2.75) is 26.4 Å². The minimum atomic E-state index is -0.526. The zero-order chi connectivity index (χ0) is 14.5.